The number of nitrogens with two attached hydrogens (primary N) is 1. The van der Waals surface area contributed by atoms with Crippen molar-refractivity contribution < 1.29 is 22.7 Å². The Hall–Kier alpha value is -3.76. The van der Waals surface area contributed by atoms with Gasteiger partial charge in [-0.1, -0.05) is 0 Å². The number of anilines is 2. The number of benzene rings is 2. The van der Waals surface area contributed by atoms with Crippen molar-refractivity contribution in [2.24, 2.45) is 5.73 Å². The fourth-order valence-corrected chi connectivity index (χ4v) is 2.52. The molecule has 2 amide bonds. The van der Waals surface area contributed by atoms with Crippen molar-refractivity contribution in [2.45, 2.75) is 13.3 Å². The van der Waals surface area contributed by atoms with Gasteiger partial charge in [-0.3, -0.25) is 0 Å². The molecule has 29 heavy (non-hydrogen) atoms. The summed E-state index contributed by atoms with van der Waals surface area (Å²) < 4.78 is 42.3. The Morgan fingerprint density at radius 1 is 1.14 bits per heavy atom. The first-order valence-corrected chi connectivity index (χ1v) is 8.49. The molecule has 1 aromatic heterocycles. The normalized spacial score (nSPS) is 11.2. The van der Waals surface area contributed by atoms with Gasteiger partial charge >= 0.3 is 12.4 Å². The van der Waals surface area contributed by atoms with Gasteiger partial charge in [0.15, 0.2) is 5.82 Å². The Bertz CT molecular complexity index is 984. The number of ether oxygens (including phenoxy) is 1. The molecule has 0 aliphatic rings. The lowest BCUT2D eigenvalue weighted by Crippen LogP contribution is -2.19. The van der Waals surface area contributed by atoms with Crippen LogP contribution < -0.4 is 21.1 Å². The third-order valence-electron chi connectivity index (χ3n) is 3.67. The fourth-order valence-electron chi connectivity index (χ4n) is 2.52. The van der Waals surface area contributed by atoms with Crippen molar-refractivity contribution in [3.8, 4) is 22.8 Å². The zero-order valence-corrected chi connectivity index (χ0v) is 15.2. The first kappa shape index (κ1) is 20.0. The molecule has 4 N–H and O–H groups in total. The molecule has 0 radical (unpaired) electrons. The lowest BCUT2D eigenvalue weighted by molar-refractivity contribution is -0.274. The number of nitrogens with zero attached hydrogens (tertiary/aromatic N) is 3. The van der Waals surface area contributed by atoms with Gasteiger partial charge in [-0.2, -0.15) is 9.67 Å². The summed E-state index contributed by atoms with van der Waals surface area (Å²) in [7, 11) is 0. The van der Waals surface area contributed by atoms with Crippen LogP contribution >= 0.6 is 0 Å². The number of aromatic nitrogens is 3. The molecule has 152 valence electrons. The highest BCUT2D eigenvalue weighted by molar-refractivity contribution is 5.88. The van der Waals surface area contributed by atoms with Crippen LogP contribution in [0.15, 0.2) is 48.5 Å². The van der Waals surface area contributed by atoms with Gasteiger partial charge in [0.2, 0.25) is 5.95 Å². The number of alkyl halides is 3. The molecule has 0 fully saturated rings. The predicted molar refractivity (Wildman–Crippen MR) is 101 cm³/mol. The third-order valence-corrected chi connectivity index (χ3v) is 3.67. The molecule has 2 aromatic carbocycles. The minimum Gasteiger partial charge on any atom is -0.406 e. The number of urea groups is 1. The Morgan fingerprint density at radius 3 is 2.34 bits per heavy atom. The fraction of sp³-hybridized carbons (Fsp3) is 0.167. The lowest BCUT2D eigenvalue weighted by Gasteiger charge is -2.10. The highest BCUT2D eigenvalue weighted by Crippen LogP contribution is 2.26. The Morgan fingerprint density at radius 2 is 1.79 bits per heavy atom. The molecule has 8 nitrogen and oxygen atoms in total. The number of nitrogens with one attached hydrogen (secondary N) is 2. The monoisotopic (exact) mass is 406 g/mol. The molecule has 0 spiro atoms. The number of primary amides is 1. The minimum absolute atomic E-state index is 0.330. The molecule has 0 saturated carbocycles. The van der Waals surface area contributed by atoms with Gasteiger partial charge in [-0.25, -0.2) is 4.79 Å². The van der Waals surface area contributed by atoms with Gasteiger partial charge in [0, 0.05) is 17.8 Å². The molecular weight excluding hydrogens is 389 g/mol. The van der Waals surface area contributed by atoms with E-state index in [2.05, 4.69) is 25.5 Å². The Labute approximate surface area is 163 Å². The van der Waals surface area contributed by atoms with E-state index in [-0.39, 0.29) is 5.75 Å². The molecule has 0 aliphatic carbocycles. The maximum absolute atomic E-state index is 12.3. The summed E-state index contributed by atoms with van der Waals surface area (Å²) in [4.78, 5) is 15.3. The number of amides is 2. The summed E-state index contributed by atoms with van der Waals surface area (Å²) >= 11 is 0. The van der Waals surface area contributed by atoms with Crippen molar-refractivity contribution in [3.63, 3.8) is 0 Å². The average Bonchev–Trinajstić information content (AvgIpc) is 3.05. The number of carbonyl (C=O) groups excluding carboxylic acids is 1. The summed E-state index contributed by atoms with van der Waals surface area (Å²) in [5.41, 5.74) is 6.78. The summed E-state index contributed by atoms with van der Waals surface area (Å²) in [5.74, 6) is 0.484. The van der Waals surface area contributed by atoms with Crippen molar-refractivity contribution in [1.29, 1.82) is 0 Å². The summed E-state index contributed by atoms with van der Waals surface area (Å²) in [6.07, 6.45) is -4.76. The van der Waals surface area contributed by atoms with Crippen LogP contribution in [0.5, 0.6) is 5.75 Å². The molecule has 1 heterocycles. The van der Waals surface area contributed by atoms with E-state index in [1.54, 1.807) is 24.3 Å². The molecule has 0 aliphatic heterocycles. The van der Waals surface area contributed by atoms with Gasteiger partial charge in [0.25, 0.3) is 0 Å². The van der Waals surface area contributed by atoms with E-state index in [0.717, 1.165) is 0 Å². The van der Waals surface area contributed by atoms with E-state index >= 15 is 0 Å². The highest BCUT2D eigenvalue weighted by atomic mass is 19.4. The van der Waals surface area contributed by atoms with Crippen LogP contribution in [0.2, 0.25) is 0 Å². The molecule has 0 atom stereocenters. The predicted octanol–water partition coefficient (Wildman–Crippen LogP) is 3.76. The van der Waals surface area contributed by atoms with E-state index in [1.807, 2.05) is 6.92 Å². The summed E-state index contributed by atoms with van der Waals surface area (Å²) in [5, 5.41) is 9.95. The number of rotatable bonds is 6. The van der Waals surface area contributed by atoms with Crippen molar-refractivity contribution in [3.05, 3.63) is 48.5 Å². The van der Waals surface area contributed by atoms with Crippen LogP contribution in [0.1, 0.15) is 6.92 Å². The second kappa shape index (κ2) is 8.09. The minimum atomic E-state index is -4.76. The molecular formula is C18H17F3N6O2. The van der Waals surface area contributed by atoms with Gasteiger partial charge in [-0.15, -0.1) is 18.3 Å². The SMILES string of the molecule is CCNc1nc(-c2ccc(NC(N)=O)cc2)nn1-c1ccc(OC(F)(F)F)cc1. The second-order valence-electron chi connectivity index (χ2n) is 5.81. The van der Waals surface area contributed by atoms with Crippen LogP contribution in [-0.4, -0.2) is 33.7 Å². The van der Waals surface area contributed by atoms with Crippen LogP contribution in [0.25, 0.3) is 17.1 Å². The molecule has 0 bridgehead atoms. The van der Waals surface area contributed by atoms with Gasteiger partial charge in [0.1, 0.15) is 5.75 Å². The standard InChI is InChI=1S/C18H17F3N6O2/c1-2-23-17-25-15(11-3-5-12(6-4-11)24-16(22)28)26-27(17)13-7-9-14(10-8-13)29-18(19,20)21/h3-10H,2H2,1H3,(H3,22,24,28)(H,23,25,26). The molecule has 3 rings (SSSR count). The Balaban J connectivity index is 1.89. The van der Waals surface area contributed by atoms with E-state index in [9.17, 15) is 18.0 Å². The quantitative estimate of drug-likeness (QED) is 0.578. The average molecular weight is 406 g/mol. The van der Waals surface area contributed by atoms with Crippen molar-refractivity contribution in [2.75, 3.05) is 17.2 Å². The maximum atomic E-state index is 12.3. The number of hydrogen-bond donors (Lipinski definition) is 3. The van der Waals surface area contributed by atoms with Crippen LogP contribution in [0, 0.1) is 0 Å². The van der Waals surface area contributed by atoms with Gasteiger partial charge < -0.3 is 21.1 Å². The first-order chi connectivity index (χ1) is 13.7. The number of carbonyl (C=O) groups is 1. The van der Waals surface area contributed by atoms with Crippen LogP contribution in [0.4, 0.5) is 29.6 Å². The molecule has 3 aromatic rings. The Kier molecular flexibility index (Phi) is 5.57. The topological polar surface area (TPSA) is 107 Å². The first-order valence-electron chi connectivity index (χ1n) is 8.49. The van der Waals surface area contributed by atoms with E-state index in [1.165, 1.54) is 28.9 Å². The van der Waals surface area contributed by atoms with E-state index in [0.29, 0.717) is 35.3 Å². The van der Waals surface area contributed by atoms with Gasteiger partial charge in [0.05, 0.1) is 5.69 Å². The molecule has 0 saturated heterocycles. The molecule has 0 unspecified atom stereocenters. The molecule has 11 heteroatoms. The van der Waals surface area contributed by atoms with E-state index < -0.39 is 12.4 Å². The number of hydrogen-bond acceptors (Lipinski definition) is 5. The lowest BCUT2D eigenvalue weighted by atomic mass is 10.2. The zero-order chi connectivity index (χ0) is 21.0. The smallest absolute Gasteiger partial charge is 0.406 e. The number of halogens is 3. The third kappa shape index (κ3) is 5.15. The summed E-state index contributed by atoms with van der Waals surface area (Å²) in [6.45, 7) is 2.44. The summed E-state index contributed by atoms with van der Waals surface area (Å²) in [6, 6.07) is 11.3. The van der Waals surface area contributed by atoms with Crippen molar-refractivity contribution in [1.82, 2.24) is 14.8 Å². The van der Waals surface area contributed by atoms with Crippen molar-refractivity contribution >= 4 is 17.7 Å². The highest BCUT2D eigenvalue weighted by Gasteiger charge is 2.31. The van der Waals surface area contributed by atoms with E-state index in [4.69, 9.17) is 5.73 Å². The van der Waals surface area contributed by atoms with Gasteiger partial charge in [-0.05, 0) is 55.5 Å². The van der Waals surface area contributed by atoms with Crippen LogP contribution in [-0.2, 0) is 0 Å². The van der Waals surface area contributed by atoms with Crippen LogP contribution in [0.3, 0.4) is 0 Å². The zero-order valence-electron chi connectivity index (χ0n) is 15.2. The second-order valence-corrected chi connectivity index (χ2v) is 5.81. The maximum Gasteiger partial charge on any atom is 0.573 e. The largest absolute Gasteiger partial charge is 0.573 e.